The van der Waals surface area contributed by atoms with Crippen LogP contribution >= 0.6 is 15.9 Å². The van der Waals surface area contributed by atoms with Gasteiger partial charge in [-0.05, 0) is 60.4 Å². The zero-order valence-corrected chi connectivity index (χ0v) is 12.8. The second-order valence-corrected chi connectivity index (χ2v) is 5.42. The Morgan fingerprint density at radius 1 is 1.39 bits per heavy atom. The fourth-order valence-corrected chi connectivity index (χ4v) is 2.01. The maximum absolute atomic E-state index is 13.2. The van der Waals surface area contributed by atoms with Crippen LogP contribution < -0.4 is 5.32 Å². The average molecular weight is 318 g/mol. The van der Waals surface area contributed by atoms with Gasteiger partial charge in [0, 0.05) is 0 Å². The molecule has 0 bridgehead atoms. The summed E-state index contributed by atoms with van der Waals surface area (Å²) in [6.45, 7) is 7.65. The van der Waals surface area contributed by atoms with Gasteiger partial charge in [-0.2, -0.15) is 0 Å². The molecule has 0 heterocycles. The third kappa shape index (κ3) is 5.04. The monoisotopic (exact) mass is 317 g/mol. The van der Waals surface area contributed by atoms with Crippen molar-refractivity contribution in [1.29, 1.82) is 0 Å². The second kappa shape index (κ2) is 7.87. The number of nitrogens with one attached hydrogen (secondary N) is 1. The van der Waals surface area contributed by atoms with Crippen molar-refractivity contribution in [2.75, 3.05) is 13.2 Å². The summed E-state index contributed by atoms with van der Waals surface area (Å²) in [5.74, 6) is -0.238. The largest absolute Gasteiger partial charge is 0.377 e. The molecule has 102 valence electrons. The molecule has 0 radical (unpaired) electrons. The molecule has 1 N–H and O–H groups in total. The minimum Gasteiger partial charge on any atom is -0.377 e. The van der Waals surface area contributed by atoms with E-state index in [4.69, 9.17) is 4.74 Å². The molecule has 1 atom stereocenters. The topological polar surface area (TPSA) is 21.3 Å². The summed E-state index contributed by atoms with van der Waals surface area (Å²) < 4.78 is 19.4. The first kappa shape index (κ1) is 15.6. The van der Waals surface area contributed by atoms with Crippen LogP contribution in [-0.4, -0.2) is 19.3 Å². The van der Waals surface area contributed by atoms with Crippen molar-refractivity contribution in [3.63, 3.8) is 0 Å². The van der Waals surface area contributed by atoms with Gasteiger partial charge >= 0.3 is 0 Å². The minimum absolute atomic E-state index is 0.101. The molecule has 0 aliphatic carbocycles. The van der Waals surface area contributed by atoms with E-state index in [1.807, 2.05) is 19.9 Å². The van der Waals surface area contributed by atoms with Gasteiger partial charge in [0.1, 0.15) is 5.82 Å². The van der Waals surface area contributed by atoms with Crippen LogP contribution in [0.15, 0.2) is 22.7 Å². The van der Waals surface area contributed by atoms with Crippen LogP contribution in [0.1, 0.15) is 38.8 Å². The predicted molar refractivity (Wildman–Crippen MR) is 76.2 cm³/mol. The van der Waals surface area contributed by atoms with Crippen molar-refractivity contribution in [3.8, 4) is 0 Å². The molecular weight excluding hydrogens is 297 g/mol. The summed E-state index contributed by atoms with van der Waals surface area (Å²) in [7, 11) is 0. The number of benzene rings is 1. The van der Waals surface area contributed by atoms with Gasteiger partial charge < -0.3 is 10.1 Å². The van der Waals surface area contributed by atoms with E-state index in [1.54, 1.807) is 6.07 Å². The van der Waals surface area contributed by atoms with Gasteiger partial charge in [-0.3, -0.25) is 0 Å². The number of ether oxygens (including phenoxy) is 1. The number of hydrogen-bond acceptors (Lipinski definition) is 2. The third-order valence-corrected chi connectivity index (χ3v) is 3.19. The molecule has 1 rings (SSSR count). The van der Waals surface area contributed by atoms with Crippen molar-refractivity contribution in [2.45, 2.75) is 39.3 Å². The quantitative estimate of drug-likeness (QED) is 0.819. The molecule has 18 heavy (non-hydrogen) atoms. The average Bonchev–Trinajstić information content (AvgIpc) is 2.33. The molecule has 0 aliphatic heterocycles. The van der Waals surface area contributed by atoms with Crippen molar-refractivity contribution in [2.24, 2.45) is 0 Å². The molecule has 4 heteroatoms. The first-order chi connectivity index (χ1) is 8.54. The number of halogens is 2. The minimum atomic E-state index is -0.238. The second-order valence-electron chi connectivity index (χ2n) is 4.56. The van der Waals surface area contributed by atoms with Crippen LogP contribution in [0.2, 0.25) is 0 Å². The van der Waals surface area contributed by atoms with Gasteiger partial charge in [0.15, 0.2) is 0 Å². The SMILES string of the molecule is CCCNC(COC(C)C)c1ccc(F)c(Br)c1. The Hall–Kier alpha value is -0.450. The third-order valence-electron chi connectivity index (χ3n) is 2.58. The first-order valence-corrected chi connectivity index (χ1v) is 7.13. The Morgan fingerprint density at radius 3 is 2.67 bits per heavy atom. The summed E-state index contributed by atoms with van der Waals surface area (Å²) in [5.41, 5.74) is 1.04. The van der Waals surface area contributed by atoms with Crippen LogP contribution in [0, 0.1) is 5.82 Å². The van der Waals surface area contributed by atoms with Gasteiger partial charge in [-0.15, -0.1) is 0 Å². The van der Waals surface area contributed by atoms with E-state index in [0.717, 1.165) is 18.5 Å². The van der Waals surface area contributed by atoms with Crippen LogP contribution in [0.25, 0.3) is 0 Å². The molecule has 0 aliphatic rings. The zero-order chi connectivity index (χ0) is 13.5. The van der Waals surface area contributed by atoms with Crippen molar-refractivity contribution >= 4 is 15.9 Å². The lowest BCUT2D eigenvalue weighted by Gasteiger charge is -2.20. The van der Waals surface area contributed by atoms with E-state index in [9.17, 15) is 4.39 Å². The van der Waals surface area contributed by atoms with E-state index in [-0.39, 0.29) is 18.0 Å². The number of hydrogen-bond donors (Lipinski definition) is 1. The fraction of sp³-hybridized carbons (Fsp3) is 0.571. The summed E-state index contributed by atoms with van der Waals surface area (Å²) in [6.07, 6.45) is 1.25. The summed E-state index contributed by atoms with van der Waals surface area (Å²) in [4.78, 5) is 0. The van der Waals surface area contributed by atoms with E-state index in [2.05, 4.69) is 28.2 Å². The van der Waals surface area contributed by atoms with Gasteiger partial charge in [0.05, 0.1) is 23.2 Å². The lowest BCUT2D eigenvalue weighted by Crippen LogP contribution is -2.27. The molecule has 0 saturated heterocycles. The van der Waals surface area contributed by atoms with Crippen molar-refractivity contribution < 1.29 is 9.13 Å². The molecule has 2 nitrogen and oxygen atoms in total. The molecule has 1 unspecified atom stereocenters. The maximum atomic E-state index is 13.2. The first-order valence-electron chi connectivity index (χ1n) is 6.34. The smallest absolute Gasteiger partial charge is 0.137 e. The molecule has 0 saturated carbocycles. The van der Waals surface area contributed by atoms with Gasteiger partial charge in [0.25, 0.3) is 0 Å². The normalized spacial score (nSPS) is 13.0. The van der Waals surface area contributed by atoms with Gasteiger partial charge in [0.2, 0.25) is 0 Å². The molecule has 0 aromatic heterocycles. The van der Waals surface area contributed by atoms with Crippen LogP contribution in [0.5, 0.6) is 0 Å². The fourth-order valence-electron chi connectivity index (χ4n) is 1.61. The molecule has 1 aromatic rings. The van der Waals surface area contributed by atoms with E-state index >= 15 is 0 Å². The Labute approximate surface area is 117 Å². The van der Waals surface area contributed by atoms with Crippen LogP contribution in [-0.2, 0) is 4.74 Å². The number of rotatable bonds is 7. The highest BCUT2D eigenvalue weighted by Crippen LogP contribution is 2.22. The Kier molecular flexibility index (Phi) is 6.82. The molecular formula is C14H21BrFNO. The standard InChI is InChI=1S/C14H21BrFNO/c1-4-7-17-14(9-18-10(2)3)11-5-6-13(16)12(15)8-11/h5-6,8,10,14,17H,4,7,9H2,1-3H3. The highest BCUT2D eigenvalue weighted by Gasteiger charge is 2.13. The Morgan fingerprint density at radius 2 is 2.11 bits per heavy atom. The summed E-state index contributed by atoms with van der Waals surface area (Å²) in [5, 5.41) is 3.42. The molecule has 0 spiro atoms. The Balaban J connectivity index is 2.76. The van der Waals surface area contributed by atoms with E-state index in [0.29, 0.717) is 11.1 Å². The maximum Gasteiger partial charge on any atom is 0.137 e. The highest BCUT2D eigenvalue weighted by molar-refractivity contribution is 9.10. The summed E-state index contributed by atoms with van der Waals surface area (Å²) in [6, 6.07) is 5.20. The zero-order valence-electron chi connectivity index (χ0n) is 11.2. The van der Waals surface area contributed by atoms with Crippen LogP contribution in [0.4, 0.5) is 4.39 Å². The molecule has 0 fully saturated rings. The van der Waals surface area contributed by atoms with Crippen LogP contribution in [0.3, 0.4) is 0 Å². The van der Waals surface area contributed by atoms with Gasteiger partial charge in [-0.25, -0.2) is 4.39 Å². The van der Waals surface area contributed by atoms with E-state index < -0.39 is 0 Å². The summed E-state index contributed by atoms with van der Waals surface area (Å²) >= 11 is 3.22. The van der Waals surface area contributed by atoms with E-state index in [1.165, 1.54) is 6.07 Å². The molecule has 0 amide bonds. The lowest BCUT2D eigenvalue weighted by atomic mass is 10.1. The predicted octanol–water partition coefficient (Wildman–Crippen LogP) is 4.05. The Bertz CT molecular complexity index is 371. The van der Waals surface area contributed by atoms with Crippen molar-refractivity contribution in [1.82, 2.24) is 5.32 Å². The van der Waals surface area contributed by atoms with Gasteiger partial charge in [-0.1, -0.05) is 13.0 Å². The van der Waals surface area contributed by atoms with Crippen molar-refractivity contribution in [3.05, 3.63) is 34.1 Å². The molecule has 1 aromatic carbocycles. The highest BCUT2D eigenvalue weighted by atomic mass is 79.9. The lowest BCUT2D eigenvalue weighted by molar-refractivity contribution is 0.0611.